The van der Waals surface area contributed by atoms with E-state index in [2.05, 4.69) is 10.1 Å². The summed E-state index contributed by atoms with van der Waals surface area (Å²) in [5, 5.41) is 4.11. The van der Waals surface area contributed by atoms with E-state index in [1.165, 1.54) is 6.33 Å². The molecule has 2 amide bonds. The third-order valence-corrected chi connectivity index (χ3v) is 4.53. The Balaban J connectivity index is 1.58. The number of nitrogens with two attached hydrogens (primary N) is 1. The van der Waals surface area contributed by atoms with E-state index >= 15 is 0 Å². The number of likely N-dealkylation sites (tertiary alicyclic amines) is 1. The molecule has 3 rings (SSSR count). The molecule has 0 unspecified atom stereocenters. The van der Waals surface area contributed by atoms with Crippen molar-refractivity contribution in [3.05, 3.63) is 12.2 Å². The van der Waals surface area contributed by atoms with E-state index in [0.29, 0.717) is 13.0 Å². The number of hydrogen-bond donors (Lipinski definition) is 1. The lowest BCUT2D eigenvalue weighted by Crippen LogP contribution is -2.42. The standard InChI is InChI=1S/C15H23N5O3/c16-14(22)15-17-10-20(18-15)11-4-3-6-19(9-11)13(21)8-12-5-1-2-7-23-12/h10-12H,1-9H2,(H2,16,22)/t11-,12-/m1/s1. The summed E-state index contributed by atoms with van der Waals surface area (Å²) in [6.07, 6.45) is 7.04. The number of ether oxygens (including phenoxy) is 1. The largest absolute Gasteiger partial charge is 0.378 e. The van der Waals surface area contributed by atoms with Crippen molar-refractivity contribution in [2.24, 2.45) is 5.73 Å². The van der Waals surface area contributed by atoms with E-state index in [1.807, 2.05) is 4.90 Å². The molecule has 2 aliphatic heterocycles. The third-order valence-electron chi connectivity index (χ3n) is 4.53. The van der Waals surface area contributed by atoms with Crippen molar-refractivity contribution in [3.8, 4) is 0 Å². The van der Waals surface area contributed by atoms with Crippen LogP contribution in [0, 0.1) is 0 Å². The molecule has 2 aliphatic rings. The third kappa shape index (κ3) is 3.87. The second kappa shape index (κ2) is 7.08. The molecule has 0 bridgehead atoms. The van der Waals surface area contributed by atoms with Gasteiger partial charge >= 0.3 is 0 Å². The highest BCUT2D eigenvalue weighted by Crippen LogP contribution is 2.23. The van der Waals surface area contributed by atoms with Crippen molar-refractivity contribution in [3.63, 3.8) is 0 Å². The van der Waals surface area contributed by atoms with Gasteiger partial charge in [0.2, 0.25) is 11.7 Å². The highest BCUT2D eigenvalue weighted by molar-refractivity contribution is 5.88. The maximum Gasteiger partial charge on any atom is 0.288 e. The maximum atomic E-state index is 12.5. The van der Waals surface area contributed by atoms with Gasteiger partial charge in [0.25, 0.3) is 5.91 Å². The predicted octanol–water partition coefficient (Wildman–Crippen LogP) is 0.500. The van der Waals surface area contributed by atoms with Crippen LogP contribution in [0.15, 0.2) is 6.33 Å². The number of rotatable bonds is 4. The van der Waals surface area contributed by atoms with E-state index in [-0.39, 0.29) is 23.9 Å². The van der Waals surface area contributed by atoms with E-state index in [1.54, 1.807) is 4.68 Å². The lowest BCUT2D eigenvalue weighted by atomic mass is 10.0. The van der Waals surface area contributed by atoms with Crippen LogP contribution in [0.25, 0.3) is 0 Å². The molecule has 8 heteroatoms. The normalized spacial score (nSPS) is 25.3. The van der Waals surface area contributed by atoms with Crippen molar-refractivity contribution in [1.82, 2.24) is 19.7 Å². The Morgan fingerprint density at radius 3 is 2.87 bits per heavy atom. The Morgan fingerprint density at radius 2 is 2.17 bits per heavy atom. The molecule has 2 fully saturated rings. The second-order valence-corrected chi connectivity index (χ2v) is 6.24. The Bertz CT molecular complexity index is 567. The average molecular weight is 321 g/mol. The summed E-state index contributed by atoms with van der Waals surface area (Å²) in [6, 6.07) is 0.0422. The number of hydrogen-bond acceptors (Lipinski definition) is 5. The summed E-state index contributed by atoms with van der Waals surface area (Å²) < 4.78 is 7.30. The number of aromatic nitrogens is 3. The van der Waals surface area contributed by atoms with Crippen molar-refractivity contribution in [1.29, 1.82) is 0 Å². The second-order valence-electron chi connectivity index (χ2n) is 6.24. The summed E-state index contributed by atoms with van der Waals surface area (Å²) in [5.41, 5.74) is 5.18. The van der Waals surface area contributed by atoms with Crippen LogP contribution in [0.5, 0.6) is 0 Å². The minimum Gasteiger partial charge on any atom is -0.378 e. The molecule has 2 atom stereocenters. The lowest BCUT2D eigenvalue weighted by molar-refractivity contribution is -0.136. The van der Waals surface area contributed by atoms with Crippen molar-refractivity contribution in [2.45, 2.75) is 50.7 Å². The molecule has 3 heterocycles. The molecular weight excluding hydrogens is 298 g/mol. The number of amides is 2. The maximum absolute atomic E-state index is 12.5. The van der Waals surface area contributed by atoms with E-state index in [9.17, 15) is 9.59 Å². The fraction of sp³-hybridized carbons (Fsp3) is 0.733. The minimum absolute atomic E-state index is 0.0176. The summed E-state index contributed by atoms with van der Waals surface area (Å²) >= 11 is 0. The van der Waals surface area contributed by atoms with Crippen molar-refractivity contribution < 1.29 is 14.3 Å². The van der Waals surface area contributed by atoms with Gasteiger partial charge in [-0.2, -0.15) is 0 Å². The van der Waals surface area contributed by atoms with Crippen molar-refractivity contribution in [2.75, 3.05) is 19.7 Å². The highest BCUT2D eigenvalue weighted by Gasteiger charge is 2.28. The minimum atomic E-state index is -0.637. The van der Waals surface area contributed by atoms with Gasteiger partial charge in [0, 0.05) is 19.7 Å². The Morgan fingerprint density at radius 1 is 1.30 bits per heavy atom. The first kappa shape index (κ1) is 15.9. The predicted molar refractivity (Wildman–Crippen MR) is 81.6 cm³/mol. The van der Waals surface area contributed by atoms with Crippen LogP contribution in [0.1, 0.15) is 55.2 Å². The van der Waals surface area contributed by atoms with Gasteiger partial charge in [-0.3, -0.25) is 9.59 Å². The van der Waals surface area contributed by atoms with Gasteiger partial charge in [0.1, 0.15) is 6.33 Å². The summed E-state index contributed by atoms with van der Waals surface area (Å²) in [6.45, 7) is 2.11. The number of nitrogens with zero attached hydrogens (tertiary/aromatic N) is 4. The van der Waals surface area contributed by atoms with Crippen LogP contribution >= 0.6 is 0 Å². The molecule has 1 aromatic heterocycles. The summed E-state index contributed by atoms with van der Waals surface area (Å²) in [7, 11) is 0. The molecule has 23 heavy (non-hydrogen) atoms. The van der Waals surface area contributed by atoms with E-state index < -0.39 is 5.91 Å². The van der Waals surface area contributed by atoms with Gasteiger partial charge in [0.05, 0.1) is 18.6 Å². The first-order valence-corrected chi connectivity index (χ1v) is 8.24. The number of carbonyl (C=O) groups is 2. The zero-order chi connectivity index (χ0) is 16.2. The summed E-state index contributed by atoms with van der Waals surface area (Å²) in [5.74, 6) is -0.483. The zero-order valence-corrected chi connectivity index (χ0v) is 13.2. The van der Waals surface area contributed by atoms with Crippen molar-refractivity contribution >= 4 is 11.8 Å². The quantitative estimate of drug-likeness (QED) is 0.869. The molecule has 0 radical (unpaired) electrons. The molecule has 2 N–H and O–H groups in total. The molecule has 126 valence electrons. The SMILES string of the molecule is NC(=O)c1ncn([C@@H]2CCCN(C(=O)C[C@H]3CCCCO3)C2)n1. The smallest absolute Gasteiger partial charge is 0.288 e. The van der Waals surface area contributed by atoms with Gasteiger partial charge in [-0.1, -0.05) is 0 Å². The molecule has 0 saturated carbocycles. The van der Waals surface area contributed by atoms with Crippen LogP contribution in [0.4, 0.5) is 0 Å². The highest BCUT2D eigenvalue weighted by atomic mass is 16.5. The number of piperidine rings is 1. The molecule has 8 nitrogen and oxygen atoms in total. The van der Waals surface area contributed by atoms with E-state index in [0.717, 1.165) is 45.3 Å². The van der Waals surface area contributed by atoms with Crippen LogP contribution in [-0.4, -0.2) is 57.3 Å². The van der Waals surface area contributed by atoms with Gasteiger partial charge in [0.15, 0.2) is 0 Å². The van der Waals surface area contributed by atoms with Crippen LogP contribution < -0.4 is 5.73 Å². The molecular formula is C15H23N5O3. The topological polar surface area (TPSA) is 103 Å². The Labute approximate surface area is 135 Å². The Hall–Kier alpha value is -1.96. The molecule has 2 saturated heterocycles. The van der Waals surface area contributed by atoms with Gasteiger partial charge in [-0.15, -0.1) is 5.10 Å². The number of primary amides is 1. The van der Waals surface area contributed by atoms with E-state index in [4.69, 9.17) is 10.5 Å². The number of carbonyl (C=O) groups excluding carboxylic acids is 2. The van der Waals surface area contributed by atoms with Crippen LogP contribution in [-0.2, 0) is 9.53 Å². The van der Waals surface area contributed by atoms with Gasteiger partial charge < -0.3 is 15.4 Å². The molecule has 0 spiro atoms. The zero-order valence-electron chi connectivity index (χ0n) is 13.2. The molecule has 0 aromatic carbocycles. The van der Waals surface area contributed by atoms with Gasteiger partial charge in [-0.05, 0) is 32.1 Å². The van der Waals surface area contributed by atoms with Crippen LogP contribution in [0.2, 0.25) is 0 Å². The fourth-order valence-electron chi connectivity index (χ4n) is 3.25. The monoisotopic (exact) mass is 321 g/mol. The lowest BCUT2D eigenvalue weighted by Gasteiger charge is -2.34. The van der Waals surface area contributed by atoms with Crippen LogP contribution in [0.3, 0.4) is 0 Å². The first-order chi connectivity index (χ1) is 11.1. The average Bonchev–Trinajstić information content (AvgIpc) is 3.06. The fourth-order valence-corrected chi connectivity index (χ4v) is 3.25. The molecule has 1 aromatic rings. The Kier molecular flexibility index (Phi) is 4.90. The summed E-state index contributed by atoms with van der Waals surface area (Å²) in [4.78, 5) is 29.4. The van der Waals surface area contributed by atoms with Gasteiger partial charge in [-0.25, -0.2) is 9.67 Å². The molecule has 0 aliphatic carbocycles. The first-order valence-electron chi connectivity index (χ1n) is 8.24.